The molecule has 0 saturated heterocycles. The second kappa shape index (κ2) is 5.72. The Bertz CT molecular complexity index is 681. The number of anilines is 2. The monoisotopic (exact) mass is 270 g/mol. The van der Waals surface area contributed by atoms with Gasteiger partial charge >= 0.3 is 0 Å². The van der Waals surface area contributed by atoms with Crippen LogP contribution in [0.5, 0.6) is 0 Å². The molecule has 19 heavy (non-hydrogen) atoms. The molecular formula is C16H15ClN2. The quantitative estimate of drug-likeness (QED) is 0.729. The SMILES string of the molecule is Cc1cc(Nc2ccccc2)c2ccccc2n1.Cl. The van der Waals surface area contributed by atoms with Crippen LogP contribution in [0.25, 0.3) is 10.9 Å². The summed E-state index contributed by atoms with van der Waals surface area (Å²) in [6, 6.07) is 20.4. The third kappa shape index (κ3) is 2.85. The zero-order valence-corrected chi connectivity index (χ0v) is 11.4. The summed E-state index contributed by atoms with van der Waals surface area (Å²) in [5, 5.41) is 4.59. The number of benzene rings is 2. The van der Waals surface area contributed by atoms with Crippen molar-refractivity contribution in [2.24, 2.45) is 0 Å². The van der Waals surface area contributed by atoms with Gasteiger partial charge in [-0.25, -0.2) is 0 Å². The van der Waals surface area contributed by atoms with Gasteiger partial charge < -0.3 is 5.32 Å². The highest BCUT2D eigenvalue weighted by atomic mass is 35.5. The number of nitrogens with zero attached hydrogens (tertiary/aromatic N) is 1. The van der Waals surface area contributed by atoms with Crippen molar-refractivity contribution in [2.45, 2.75) is 6.92 Å². The van der Waals surface area contributed by atoms with Gasteiger partial charge in [0, 0.05) is 22.5 Å². The highest BCUT2D eigenvalue weighted by Gasteiger charge is 2.03. The molecule has 2 aromatic carbocycles. The summed E-state index contributed by atoms with van der Waals surface area (Å²) < 4.78 is 0. The van der Waals surface area contributed by atoms with E-state index in [0.29, 0.717) is 0 Å². The van der Waals surface area contributed by atoms with Gasteiger partial charge in [0.2, 0.25) is 0 Å². The number of pyridine rings is 1. The van der Waals surface area contributed by atoms with E-state index in [1.165, 1.54) is 0 Å². The molecule has 0 unspecified atom stereocenters. The molecule has 1 heterocycles. The number of aromatic nitrogens is 1. The van der Waals surface area contributed by atoms with E-state index < -0.39 is 0 Å². The van der Waals surface area contributed by atoms with Crippen molar-refractivity contribution in [1.82, 2.24) is 4.98 Å². The first-order chi connectivity index (χ1) is 8.83. The van der Waals surface area contributed by atoms with Crippen molar-refractivity contribution >= 4 is 34.7 Å². The van der Waals surface area contributed by atoms with Crippen molar-refractivity contribution < 1.29 is 0 Å². The minimum atomic E-state index is 0. The molecular weight excluding hydrogens is 256 g/mol. The Labute approximate surface area is 118 Å². The lowest BCUT2D eigenvalue weighted by molar-refractivity contribution is 1.25. The van der Waals surface area contributed by atoms with E-state index in [0.717, 1.165) is 28.0 Å². The Hall–Kier alpha value is -2.06. The lowest BCUT2D eigenvalue weighted by atomic mass is 10.1. The Kier molecular flexibility index (Phi) is 4.03. The molecule has 0 saturated carbocycles. The van der Waals surface area contributed by atoms with E-state index in [4.69, 9.17) is 0 Å². The van der Waals surface area contributed by atoms with E-state index in [9.17, 15) is 0 Å². The highest BCUT2D eigenvalue weighted by molar-refractivity contribution is 5.93. The minimum absolute atomic E-state index is 0. The Morgan fingerprint density at radius 1 is 0.895 bits per heavy atom. The van der Waals surface area contributed by atoms with Crippen molar-refractivity contribution in [3.05, 3.63) is 66.4 Å². The average molecular weight is 271 g/mol. The van der Waals surface area contributed by atoms with Crippen LogP contribution in [0, 0.1) is 6.92 Å². The molecule has 0 amide bonds. The number of hydrogen-bond acceptors (Lipinski definition) is 2. The largest absolute Gasteiger partial charge is 0.355 e. The number of aryl methyl sites for hydroxylation is 1. The lowest BCUT2D eigenvalue weighted by Crippen LogP contribution is -1.94. The molecule has 3 heteroatoms. The molecule has 1 N–H and O–H groups in total. The molecule has 0 radical (unpaired) electrons. The number of para-hydroxylation sites is 2. The first kappa shape index (κ1) is 13.4. The van der Waals surface area contributed by atoms with Crippen molar-refractivity contribution in [1.29, 1.82) is 0 Å². The van der Waals surface area contributed by atoms with Crippen molar-refractivity contribution in [2.75, 3.05) is 5.32 Å². The number of fused-ring (bicyclic) bond motifs is 1. The first-order valence-electron chi connectivity index (χ1n) is 6.01. The van der Waals surface area contributed by atoms with E-state index in [1.54, 1.807) is 0 Å². The maximum Gasteiger partial charge on any atom is 0.0726 e. The molecule has 3 rings (SSSR count). The van der Waals surface area contributed by atoms with Crippen LogP contribution in [0.1, 0.15) is 5.69 Å². The smallest absolute Gasteiger partial charge is 0.0726 e. The van der Waals surface area contributed by atoms with Gasteiger partial charge in [-0.3, -0.25) is 4.98 Å². The van der Waals surface area contributed by atoms with Crippen LogP contribution in [-0.4, -0.2) is 4.98 Å². The van der Waals surface area contributed by atoms with Crippen LogP contribution >= 0.6 is 12.4 Å². The Morgan fingerprint density at radius 2 is 1.58 bits per heavy atom. The fraction of sp³-hybridized carbons (Fsp3) is 0.0625. The van der Waals surface area contributed by atoms with Gasteiger partial charge in [0.15, 0.2) is 0 Å². The molecule has 1 aromatic heterocycles. The standard InChI is InChI=1S/C16H14N2.ClH/c1-12-11-16(18-13-7-3-2-4-8-13)14-9-5-6-10-15(14)17-12;/h2-11H,1H3,(H,17,18);1H. The Balaban J connectivity index is 0.00000133. The number of hydrogen-bond donors (Lipinski definition) is 1. The summed E-state index contributed by atoms with van der Waals surface area (Å²) >= 11 is 0. The summed E-state index contributed by atoms with van der Waals surface area (Å²) in [5.74, 6) is 0. The maximum atomic E-state index is 4.54. The summed E-state index contributed by atoms with van der Waals surface area (Å²) in [4.78, 5) is 4.54. The van der Waals surface area contributed by atoms with E-state index in [1.807, 2.05) is 43.3 Å². The zero-order chi connectivity index (χ0) is 12.4. The van der Waals surface area contributed by atoms with E-state index in [2.05, 4.69) is 34.6 Å². The second-order valence-corrected chi connectivity index (χ2v) is 4.32. The van der Waals surface area contributed by atoms with Crippen LogP contribution in [0.3, 0.4) is 0 Å². The predicted molar refractivity (Wildman–Crippen MR) is 83.5 cm³/mol. The second-order valence-electron chi connectivity index (χ2n) is 4.32. The predicted octanol–water partition coefficient (Wildman–Crippen LogP) is 4.71. The van der Waals surface area contributed by atoms with Crippen LogP contribution in [-0.2, 0) is 0 Å². The number of halogens is 1. The molecule has 0 bridgehead atoms. The van der Waals surface area contributed by atoms with Crippen LogP contribution in [0.2, 0.25) is 0 Å². The fourth-order valence-electron chi connectivity index (χ4n) is 2.09. The average Bonchev–Trinajstić information content (AvgIpc) is 2.40. The first-order valence-corrected chi connectivity index (χ1v) is 6.01. The van der Waals surface area contributed by atoms with Gasteiger partial charge in [-0.2, -0.15) is 0 Å². The molecule has 0 spiro atoms. The molecule has 0 fully saturated rings. The molecule has 3 aromatic rings. The van der Waals surface area contributed by atoms with Crippen molar-refractivity contribution in [3.8, 4) is 0 Å². The van der Waals surface area contributed by atoms with Gasteiger partial charge in [-0.05, 0) is 31.2 Å². The van der Waals surface area contributed by atoms with Gasteiger partial charge in [-0.1, -0.05) is 36.4 Å². The third-order valence-electron chi connectivity index (χ3n) is 2.90. The van der Waals surface area contributed by atoms with Gasteiger partial charge in [0.25, 0.3) is 0 Å². The summed E-state index contributed by atoms with van der Waals surface area (Å²) in [5.41, 5.74) is 4.24. The Morgan fingerprint density at radius 3 is 2.37 bits per heavy atom. The van der Waals surface area contributed by atoms with Gasteiger partial charge in [-0.15, -0.1) is 12.4 Å². The third-order valence-corrected chi connectivity index (χ3v) is 2.90. The molecule has 2 nitrogen and oxygen atoms in total. The molecule has 0 atom stereocenters. The number of nitrogens with one attached hydrogen (secondary N) is 1. The summed E-state index contributed by atoms with van der Waals surface area (Å²) in [7, 11) is 0. The van der Waals surface area contributed by atoms with Crippen LogP contribution < -0.4 is 5.32 Å². The molecule has 0 aliphatic carbocycles. The van der Waals surface area contributed by atoms with E-state index >= 15 is 0 Å². The highest BCUT2D eigenvalue weighted by Crippen LogP contribution is 2.25. The van der Waals surface area contributed by atoms with Crippen LogP contribution in [0.15, 0.2) is 60.7 Å². The van der Waals surface area contributed by atoms with E-state index in [-0.39, 0.29) is 12.4 Å². The topological polar surface area (TPSA) is 24.9 Å². The van der Waals surface area contributed by atoms with Gasteiger partial charge in [0.05, 0.1) is 5.52 Å². The maximum absolute atomic E-state index is 4.54. The van der Waals surface area contributed by atoms with Crippen LogP contribution in [0.4, 0.5) is 11.4 Å². The van der Waals surface area contributed by atoms with Gasteiger partial charge in [0.1, 0.15) is 0 Å². The molecule has 0 aliphatic rings. The van der Waals surface area contributed by atoms with Crippen molar-refractivity contribution in [3.63, 3.8) is 0 Å². The summed E-state index contributed by atoms with van der Waals surface area (Å²) in [6.07, 6.45) is 0. The fourth-order valence-corrected chi connectivity index (χ4v) is 2.09. The normalized spacial score (nSPS) is 9.95. The zero-order valence-electron chi connectivity index (χ0n) is 10.6. The lowest BCUT2D eigenvalue weighted by Gasteiger charge is -2.10. The molecule has 96 valence electrons. The summed E-state index contributed by atoms with van der Waals surface area (Å²) in [6.45, 7) is 2.02. The molecule has 0 aliphatic heterocycles. The number of rotatable bonds is 2. The minimum Gasteiger partial charge on any atom is -0.355 e.